The first kappa shape index (κ1) is 23.9. The fraction of sp³-hybridized carbons (Fsp3) is 0.480. The number of nitrogens with zero attached hydrogens (tertiary/aromatic N) is 8. The molecule has 0 bridgehead atoms. The largest absolute Gasteiger partial charge is 0.497 e. The van der Waals surface area contributed by atoms with Gasteiger partial charge in [0.1, 0.15) is 16.7 Å². The van der Waals surface area contributed by atoms with Gasteiger partial charge in [-0.15, -0.1) is 10.2 Å². The van der Waals surface area contributed by atoms with Gasteiger partial charge in [0.25, 0.3) is 0 Å². The van der Waals surface area contributed by atoms with Crippen molar-refractivity contribution in [3.05, 3.63) is 51.7 Å². The van der Waals surface area contributed by atoms with Crippen LogP contribution in [0.2, 0.25) is 5.15 Å². The molecule has 6 rings (SSSR count). The number of aryl methyl sites for hydroxylation is 1. The summed E-state index contributed by atoms with van der Waals surface area (Å²) in [6, 6.07) is 6.28. The molecule has 4 aromatic rings. The van der Waals surface area contributed by atoms with E-state index in [9.17, 15) is 0 Å². The lowest BCUT2D eigenvalue weighted by Crippen LogP contribution is -2.33. The highest BCUT2D eigenvalue weighted by molar-refractivity contribution is 6.30. The number of hydrogen-bond acceptors (Lipinski definition) is 9. The Balaban J connectivity index is 1.17. The van der Waals surface area contributed by atoms with E-state index in [-0.39, 0.29) is 0 Å². The van der Waals surface area contributed by atoms with Crippen molar-refractivity contribution in [3.63, 3.8) is 0 Å². The van der Waals surface area contributed by atoms with Crippen LogP contribution in [0.3, 0.4) is 0 Å². The standard InChI is InChI=1S/C25H30ClN9O2/c1-15-23(26)29-25(27-13-16-4-7-18(36-2)12-21(16)37-3)35-24(15)28-22(31-35)9-11-33-10-8-20-19(14-33)30-32-34(20)17-5-6-17/h4,7,12,17H,5-6,8-11,13-14H2,1-3H3,(H,27,29). The summed E-state index contributed by atoms with van der Waals surface area (Å²) in [6.07, 6.45) is 4.15. The molecular weight excluding hydrogens is 494 g/mol. The fourth-order valence-electron chi connectivity index (χ4n) is 4.80. The van der Waals surface area contributed by atoms with Crippen LogP contribution in [0.1, 0.15) is 47.2 Å². The molecule has 11 nitrogen and oxygen atoms in total. The van der Waals surface area contributed by atoms with Crippen LogP contribution < -0.4 is 14.8 Å². The van der Waals surface area contributed by atoms with E-state index >= 15 is 0 Å². The number of halogens is 1. The van der Waals surface area contributed by atoms with Gasteiger partial charge in [0.05, 0.1) is 31.6 Å². The van der Waals surface area contributed by atoms with Crippen LogP contribution in [-0.2, 0) is 25.9 Å². The van der Waals surface area contributed by atoms with Gasteiger partial charge in [-0.05, 0) is 31.9 Å². The Hall–Kier alpha value is -3.44. The van der Waals surface area contributed by atoms with Crippen molar-refractivity contribution in [2.75, 3.05) is 32.6 Å². The van der Waals surface area contributed by atoms with Crippen LogP contribution in [0.5, 0.6) is 11.5 Å². The lowest BCUT2D eigenvalue weighted by Gasteiger charge is -2.25. The topological polar surface area (TPSA) is 108 Å². The molecule has 12 heteroatoms. The van der Waals surface area contributed by atoms with Gasteiger partial charge in [0, 0.05) is 56.2 Å². The van der Waals surface area contributed by atoms with Crippen LogP contribution in [0, 0.1) is 6.92 Å². The molecule has 0 radical (unpaired) electrons. The predicted octanol–water partition coefficient (Wildman–Crippen LogP) is 3.24. The third-order valence-electron chi connectivity index (χ3n) is 7.09. The normalized spacial score (nSPS) is 15.7. The van der Waals surface area contributed by atoms with E-state index in [2.05, 4.69) is 30.2 Å². The minimum absolute atomic E-state index is 0.401. The molecule has 1 aromatic carbocycles. The maximum Gasteiger partial charge on any atom is 0.227 e. The van der Waals surface area contributed by atoms with Crippen LogP contribution in [-0.4, -0.2) is 66.8 Å². The molecular formula is C25H30ClN9O2. The van der Waals surface area contributed by atoms with E-state index in [4.69, 9.17) is 31.2 Å². The van der Waals surface area contributed by atoms with Gasteiger partial charge in [-0.3, -0.25) is 4.90 Å². The highest BCUT2D eigenvalue weighted by Crippen LogP contribution is 2.36. The molecule has 194 valence electrons. The third kappa shape index (κ3) is 4.69. The maximum absolute atomic E-state index is 6.46. The quantitative estimate of drug-likeness (QED) is 0.331. The first-order valence-electron chi connectivity index (χ1n) is 12.6. The second kappa shape index (κ2) is 9.79. The Labute approximate surface area is 219 Å². The number of hydrogen-bond donors (Lipinski definition) is 1. The summed E-state index contributed by atoms with van der Waals surface area (Å²) in [7, 11) is 3.27. The molecule has 0 saturated heterocycles. The van der Waals surface area contributed by atoms with E-state index in [1.54, 1.807) is 18.7 Å². The van der Waals surface area contributed by atoms with Crippen LogP contribution in [0.4, 0.5) is 5.95 Å². The summed E-state index contributed by atoms with van der Waals surface area (Å²) in [5, 5.41) is 17.4. The lowest BCUT2D eigenvalue weighted by atomic mass is 10.1. The molecule has 1 N–H and O–H groups in total. The van der Waals surface area contributed by atoms with E-state index in [1.807, 2.05) is 25.1 Å². The van der Waals surface area contributed by atoms with Crippen LogP contribution in [0.15, 0.2) is 18.2 Å². The Morgan fingerprint density at radius 1 is 1.16 bits per heavy atom. The molecule has 4 heterocycles. The van der Waals surface area contributed by atoms with Crippen molar-refractivity contribution >= 4 is 23.2 Å². The number of anilines is 1. The Morgan fingerprint density at radius 2 is 2.03 bits per heavy atom. The molecule has 0 amide bonds. The predicted molar refractivity (Wildman–Crippen MR) is 138 cm³/mol. The van der Waals surface area contributed by atoms with Crippen molar-refractivity contribution in [2.45, 2.75) is 51.7 Å². The van der Waals surface area contributed by atoms with Gasteiger partial charge in [0.2, 0.25) is 5.95 Å². The highest BCUT2D eigenvalue weighted by atomic mass is 35.5. The van der Waals surface area contributed by atoms with Gasteiger partial charge in [-0.1, -0.05) is 16.8 Å². The highest BCUT2D eigenvalue weighted by Gasteiger charge is 2.31. The molecule has 0 atom stereocenters. The SMILES string of the molecule is COc1ccc(CNc2nc(Cl)c(C)c3nc(CCN4CCc5c(nnn5C5CC5)C4)nn23)c(OC)c1. The Bertz CT molecular complexity index is 1450. The Morgan fingerprint density at radius 3 is 2.81 bits per heavy atom. The molecule has 1 saturated carbocycles. The average molecular weight is 524 g/mol. The van der Waals surface area contributed by atoms with Crippen molar-refractivity contribution in [2.24, 2.45) is 0 Å². The van der Waals surface area contributed by atoms with E-state index in [0.717, 1.165) is 66.6 Å². The first-order chi connectivity index (χ1) is 18.0. The zero-order valence-corrected chi connectivity index (χ0v) is 22.0. The number of aromatic nitrogens is 7. The van der Waals surface area contributed by atoms with E-state index < -0.39 is 0 Å². The second-order valence-electron chi connectivity index (χ2n) is 9.58. The summed E-state index contributed by atoms with van der Waals surface area (Å²) in [6.45, 7) is 5.04. The smallest absolute Gasteiger partial charge is 0.227 e. The molecule has 1 fully saturated rings. The maximum atomic E-state index is 6.46. The van der Waals surface area contributed by atoms with Crippen LogP contribution in [0.25, 0.3) is 5.65 Å². The van der Waals surface area contributed by atoms with Gasteiger partial charge >= 0.3 is 0 Å². The average Bonchev–Trinajstić information content (AvgIpc) is 3.53. The Kier molecular flexibility index (Phi) is 6.33. The monoisotopic (exact) mass is 523 g/mol. The summed E-state index contributed by atoms with van der Waals surface area (Å²) >= 11 is 6.46. The van der Waals surface area contributed by atoms with Crippen molar-refractivity contribution in [3.8, 4) is 11.5 Å². The summed E-state index contributed by atoms with van der Waals surface area (Å²) in [4.78, 5) is 11.7. The van der Waals surface area contributed by atoms with Crippen molar-refractivity contribution < 1.29 is 9.47 Å². The first-order valence-corrected chi connectivity index (χ1v) is 12.9. The van der Waals surface area contributed by atoms with Gasteiger partial charge in [-0.2, -0.15) is 4.52 Å². The second-order valence-corrected chi connectivity index (χ2v) is 9.94. The molecule has 37 heavy (non-hydrogen) atoms. The van der Waals surface area contributed by atoms with Crippen molar-refractivity contribution in [1.82, 2.24) is 39.5 Å². The van der Waals surface area contributed by atoms with E-state index in [0.29, 0.717) is 29.3 Å². The number of nitrogens with one attached hydrogen (secondary N) is 1. The van der Waals surface area contributed by atoms with Gasteiger partial charge in [-0.25, -0.2) is 14.6 Å². The third-order valence-corrected chi connectivity index (χ3v) is 7.45. The van der Waals surface area contributed by atoms with E-state index in [1.165, 1.54) is 18.5 Å². The van der Waals surface area contributed by atoms with Crippen molar-refractivity contribution in [1.29, 1.82) is 0 Å². The zero-order valence-electron chi connectivity index (χ0n) is 21.2. The fourth-order valence-corrected chi connectivity index (χ4v) is 4.96. The molecule has 0 unspecified atom stereocenters. The summed E-state index contributed by atoms with van der Waals surface area (Å²) < 4.78 is 14.7. The summed E-state index contributed by atoms with van der Waals surface area (Å²) in [5.74, 6) is 2.74. The minimum Gasteiger partial charge on any atom is -0.497 e. The van der Waals surface area contributed by atoms with Gasteiger partial charge < -0.3 is 14.8 Å². The number of rotatable bonds is 9. The van der Waals surface area contributed by atoms with Crippen LogP contribution >= 0.6 is 11.6 Å². The zero-order chi connectivity index (χ0) is 25.5. The van der Waals surface area contributed by atoms with Gasteiger partial charge in [0.15, 0.2) is 11.5 Å². The lowest BCUT2D eigenvalue weighted by molar-refractivity contribution is 0.249. The molecule has 1 aliphatic carbocycles. The number of benzene rings is 1. The number of fused-ring (bicyclic) bond motifs is 2. The molecule has 0 spiro atoms. The minimum atomic E-state index is 0.401. The molecule has 3 aromatic heterocycles. The number of ether oxygens (including phenoxy) is 2. The molecule has 1 aliphatic heterocycles. The molecule has 2 aliphatic rings. The number of methoxy groups -OCH3 is 2. The summed E-state index contributed by atoms with van der Waals surface area (Å²) in [5.41, 5.74) is 4.87.